The number of amides is 1. The van der Waals surface area contributed by atoms with Crippen LogP contribution in [0.5, 0.6) is 5.75 Å². The number of rotatable bonds is 8. The van der Waals surface area contributed by atoms with E-state index in [1.165, 1.54) is 23.5 Å². The first-order valence-corrected chi connectivity index (χ1v) is 10.2. The Morgan fingerprint density at radius 1 is 1.25 bits per heavy atom. The molecule has 28 heavy (non-hydrogen) atoms. The van der Waals surface area contributed by atoms with Crippen molar-refractivity contribution in [2.45, 2.75) is 32.7 Å². The van der Waals surface area contributed by atoms with Crippen molar-refractivity contribution in [1.82, 2.24) is 4.57 Å². The number of ether oxygens (including phenoxy) is 1. The summed E-state index contributed by atoms with van der Waals surface area (Å²) in [6.07, 6.45) is 5.03. The molecule has 1 heterocycles. The van der Waals surface area contributed by atoms with Gasteiger partial charge in [-0.05, 0) is 48.9 Å². The van der Waals surface area contributed by atoms with E-state index >= 15 is 0 Å². The van der Waals surface area contributed by atoms with E-state index in [2.05, 4.69) is 18.5 Å². The average Bonchev–Trinajstić information content (AvgIpc) is 3.02. The predicted molar refractivity (Wildman–Crippen MR) is 111 cm³/mol. The van der Waals surface area contributed by atoms with Crippen molar-refractivity contribution in [1.29, 1.82) is 0 Å². The fourth-order valence-electron chi connectivity index (χ4n) is 2.83. The van der Waals surface area contributed by atoms with E-state index < -0.39 is 0 Å². The first-order chi connectivity index (χ1) is 13.6. The first-order valence-electron chi connectivity index (χ1n) is 9.34. The molecule has 0 N–H and O–H groups in total. The Hall–Kier alpha value is -2.73. The molecule has 4 nitrogen and oxygen atoms in total. The number of nitrogens with zero attached hydrogens (tertiary/aromatic N) is 2. The van der Waals surface area contributed by atoms with Gasteiger partial charge < -0.3 is 9.30 Å². The van der Waals surface area contributed by atoms with Gasteiger partial charge in [-0.1, -0.05) is 37.2 Å². The summed E-state index contributed by atoms with van der Waals surface area (Å²) in [4.78, 5) is 17.4. The van der Waals surface area contributed by atoms with Crippen molar-refractivity contribution in [2.24, 2.45) is 4.99 Å². The lowest BCUT2D eigenvalue weighted by atomic mass is 10.2. The summed E-state index contributed by atoms with van der Waals surface area (Å²) in [7, 11) is 0. The zero-order valence-corrected chi connectivity index (χ0v) is 16.7. The van der Waals surface area contributed by atoms with Gasteiger partial charge in [0.2, 0.25) is 0 Å². The molecule has 0 unspecified atom stereocenters. The first kappa shape index (κ1) is 20.0. The molecule has 3 aromatic rings. The summed E-state index contributed by atoms with van der Waals surface area (Å²) >= 11 is 1.28. The maximum absolute atomic E-state index is 13.5. The molecular weight excluding hydrogens is 375 g/mol. The van der Waals surface area contributed by atoms with Crippen LogP contribution in [-0.4, -0.2) is 17.1 Å². The maximum atomic E-state index is 13.5. The average molecular weight is 399 g/mol. The van der Waals surface area contributed by atoms with Crippen molar-refractivity contribution in [3.63, 3.8) is 0 Å². The van der Waals surface area contributed by atoms with Gasteiger partial charge in [-0.15, -0.1) is 6.58 Å². The third-order valence-corrected chi connectivity index (χ3v) is 5.31. The van der Waals surface area contributed by atoms with E-state index in [4.69, 9.17) is 4.74 Å². The summed E-state index contributed by atoms with van der Waals surface area (Å²) in [5.74, 6) is 0.0843. The number of halogens is 1. The highest BCUT2D eigenvalue weighted by Gasteiger charge is 2.09. The quantitative estimate of drug-likeness (QED) is 0.380. The van der Waals surface area contributed by atoms with E-state index in [0.29, 0.717) is 23.5 Å². The lowest BCUT2D eigenvalue weighted by Gasteiger charge is -2.05. The number of allylic oxidation sites excluding steroid dienone is 1. The summed E-state index contributed by atoms with van der Waals surface area (Å²) in [6.45, 7) is 7.06. The van der Waals surface area contributed by atoms with Gasteiger partial charge in [0.25, 0.3) is 5.91 Å². The molecule has 6 heteroatoms. The van der Waals surface area contributed by atoms with Crippen molar-refractivity contribution in [3.05, 3.63) is 71.3 Å². The van der Waals surface area contributed by atoms with E-state index in [0.717, 1.165) is 35.2 Å². The van der Waals surface area contributed by atoms with Crippen molar-refractivity contribution in [3.8, 4) is 5.75 Å². The summed E-state index contributed by atoms with van der Waals surface area (Å²) < 4.78 is 21.8. The number of carbonyl (C=O) groups is 1. The van der Waals surface area contributed by atoms with Crippen LogP contribution in [0.2, 0.25) is 0 Å². The summed E-state index contributed by atoms with van der Waals surface area (Å²) in [5, 5.41) is 0. The number of benzene rings is 2. The molecule has 3 rings (SSSR count). The Morgan fingerprint density at radius 2 is 2.04 bits per heavy atom. The third-order valence-electron chi connectivity index (χ3n) is 4.27. The van der Waals surface area contributed by atoms with Gasteiger partial charge >= 0.3 is 0 Å². The van der Waals surface area contributed by atoms with Crippen LogP contribution in [0, 0.1) is 5.82 Å². The van der Waals surface area contributed by atoms with Crippen LogP contribution < -0.4 is 9.54 Å². The van der Waals surface area contributed by atoms with Gasteiger partial charge in [-0.2, -0.15) is 4.99 Å². The van der Waals surface area contributed by atoms with Crippen LogP contribution in [0.15, 0.2) is 60.1 Å². The molecule has 146 valence electrons. The second-order valence-corrected chi connectivity index (χ2v) is 7.40. The fourth-order valence-corrected chi connectivity index (χ4v) is 3.89. The molecule has 0 saturated heterocycles. The predicted octanol–water partition coefficient (Wildman–Crippen LogP) is 5.34. The van der Waals surface area contributed by atoms with Gasteiger partial charge in [0.05, 0.1) is 16.8 Å². The molecule has 0 atom stereocenters. The smallest absolute Gasteiger partial charge is 0.279 e. The number of thiazole rings is 1. The highest BCUT2D eigenvalue weighted by Crippen LogP contribution is 2.19. The molecule has 2 aromatic carbocycles. The molecule has 1 amide bonds. The molecule has 0 fully saturated rings. The molecule has 0 bridgehead atoms. The van der Waals surface area contributed by atoms with E-state index in [1.54, 1.807) is 36.4 Å². The van der Waals surface area contributed by atoms with Crippen molar-refractivity contribution in [2.75, 3.05) is 6.61 Å². The summed E-state index contributed by atoms with van der Waals surface area (Å²) in [5.41, 5.74) is 1.31. The molecule has 0 spiro atoms. The topological polar surface area (TPSA) is 43.6 Å². The monoisotopic (exact) mass is 398 g/mol. The highest BCUT2D eigenvalue weighted by atomic mass is 32.1. The standard InChI is InChI=1S/C22H23FN2O2S/c1-3-5-6-14-27-18-10-7-16(8-11-18)21(26)24-22-25(13-4-2)19-12-9-17(23)15-20(19)28-22/h4,7-12,15H,2-3,5-6,13-14H2,1H3. The minimum atomic E-state index is -0.345. The molecule has 0 aliphatic heterocycles. The van der Waals surface area contributed by atoms with Crippen molar-refractivity contribution < 1.29 is 13.9 Å². The normalized spacial score (nSPS) is 11.7. The minimum Gasteiger partial charge on any atom is -0.494 e. The number of aromatic nitrogens is 1. The van der Waals surface area contributed by atoms with E-state index in [9.17, 15) is 9.18 Å². The Labute approximate surface area is 167 Å². The van der Waals surface area contributed by atoms with Crippen LogP contribution >= 0.6 is 11.3 Å². The van der Waals surface area contributed by atoms with E-state index in [-0.39, 0.29) is 11.7 Å². The van der Waals surface area contributed by atoms with Crippen molar-refractivity contribution >= 4 is 27.5 Å². The van der Waals surface area contributed by atoms with Crippen LogP contribution in [0.3, 0.4) is 0 Å². The number of fused-ring (bicyclic) bond motifs is 1. The SMILES string of the molecule is C=CCn1c(=NC(=O)c2ccc(OCCCCC)cc2)sc2cc(F)ccc21. The fraction of sp³-hybridized carbons (Fsp3) is 0.273. The molecule has 0 saturated carbocycles. The van der Waals surface area contributed by atoms with Gasteiger partial charge in [0, 0.05) is 12.1 Å². The van der Waals surface area contributed by atoms with E-state index in [1.807, 2.05) is 4.57 Å². The Balaban J connectivity index is 1.84. The van der Waals surface area contributed by atoms with Gasteiger partial charge in [-0.3, -0.25) is 4.79 Å². The highest BCUT2D eigenvalue weighted by molar-refractivity contribution is 7.16. The number of unbranched alkanes of at least 4 members (excludes halogenated alkanes) is 2. The lowest BCUT2D eigenvalue weighted by Crippen LogP contribution is -2.16. The Bertz CT molecular complexity index is 1030. The number of carbonyl (C=O) groups excluding carboxylic acids is 1. The van der Waals surface area contributed by atoms with Crippen LogP contribution in [0.25, 0.3) is 10.2 Å². The van der Waals surface area contributed by atoms with Gasteiger partial charge in [0.1, 0.15) is 11.6 Å². The Morgan fingerprint density at radius 3 is 2.75 bits per heavy atom. The molecular formula is C22H23FN2O2S. The van der Waals surface area contributed by atoms with Gasteiger partial charge in [0.15, 0.2) is 4.80 Å². The zero-order chi connectivity index (χ0) is 19.9. The molecule has 0 aliphatic rings. The third kappa shape index (κ3) is 4.75. The second-order valence-electron chi connectivity index (χ2n) is 6.39. The zero-order valence-electron chi connectivity index (χ0n) is 15.9. The van der Waals surface area contributed by atoms with Crippen LogP contribution in [-0.2, 0) is 6.54 Å². The lowest BCUT2D eigenvalue weighted by molar-refractivity contribution is 0.0998. The molecule has 0 radical (unpaired) electrons. The van der Waals surface area contributed by atoms with Crippen LogP contribution in [0.1, 0.15) is 36.5 Å². The minimum absolute atomic E-state index is 0.313. The molecule has 1 aromatic heterocycles. The van der Waals surface area contributed by atoms with Gasteiger partial charge in [-0.25, -0.2) is 4.39 Å². The number of hydrogen-bond acceptors (Lipinski definition) is 3. The maximum Gasteiger partial charge on any atom is 0.279 e. The van der Waals surface area contributed by atoms with Crippen LogP contribution in [0.4, 0.5) is 4.39 Å². The number of hydrogen-bond donors (Lipinski definition) is 0. The second kappa shape index (κ2) is 9.46. The Kier molecular flexibility index (Phi) is 6.76. The summed E-state index contributed by atoms with van der Waals surface area (Å²) in [6, 6.07) is 11.5. The molecule has 0 aliphatic carbocycles. The largest absolute Gasteiger partial charge is 0.494 e.